The molecule has 0 aromatic heterocycles. The van der Waals surface area contributed by atoms with Gasteiger partial charge in [-0.3, -0.25) is 19.6 Å². The summed E-state index contributed by atoms with van der Waals surface area (Å²) in [7, 11) is 3.49. The maximum atomic E-state index is 11.4. The normalized spacial score (nSPS) is 16.5. The van der Waals surface area contributed by atoms with Crippen LogP contribution in [0.4, 0.5) is 0 Å². The summed E-state index contributed by atoms with van der Waals surface area (Å²) in [5.74, 6) is 5.83. The Hall–Kier alpha value is -1.58. The lowest BCUT2D eigenvalue weighted by molar-refractivity contribution is 0.0360. The molecule has 0 aliphatic carbocycles. The highest BCUT2D eigenvalue weighted by Crippen LogP contribution is 2.26. The van der Waals surface area contributed by atoms with Gasteiger partial charge in [0.2, 0.25) is 0 Å². The second-order valence-corrected chi connectivity index (χ2v) is 29.3. The quantitative estimate of drug-likeness (QED) is 0.0473. The van der Waals surface area contributed by atoms with Crippen LogP contribution in [0.3, 0.4) is 0 Å². The SMILES string of the molecule is CCCCCCCCCCC(O)CN(CCSCCN1CC(Cc2ccc(OC)cc2)N(CCSCCN(CC(O)CCCCCCCCCC)CC(O)CCCCCCCCCC)CC1Cc1ccc(OC)cc1)CC(O)CCCCCCCCCC. The smallest absolute Gasteiger partial charge is 0.118 e. The van der Waals surface area contributed by atoms with Crippen molar-refractivity contribution in [2.75, 3.05) is 103 Å². The Morgan fingerprint density at radius 1 is 0.375 bits per heavy atom. The largest absolute Gasteiger partial charge is 0.497 e. The molecule has 1 saturated heterocycles. The number of thioether (sulfide) groups is 2. The van der Waals surface area contributed by atoms with Gasteiger partial charge in [-0.1, -0.05) is 257 Å². The lowest BCUT2D eigenvalue weighted by atomic mass is 9.96. The standard InChI is InChI=1S/C76H140N4O6S2/c1-7-11-15-19-23-27-31-35-39-71(81)63-77(64-72(82)40-36-32-28-24-20-16-12-8-2)51-55-87-57-53-79-61-70(60-68-45-49-76(86-6)50-46-68)80(62-69(79)59-67-43-47-75(85-5)48-44-67)54-58-88-56-52-78(65-73(83)41-37-33-29-25-21-17-13-9-3)66-74(84)42-38-34-30-26-22-18-14-10-4/h43-50,69-74,81-84H,7-42,51-66H2,1-6H3. The number of aliphatic hydroxyl groups is 4. The molecular formula is C76H140N4O6S2. The van der Waals surface area contributed by atoms with Crippen molar-refractivity contribution in [2.24, 2.45) is 0 Å². The van der Waals surface area contributed by atoms with Gasteiger partial charge in [0.1, 0.15) is 11.5 Å². The first kappa shape index (κ1) is 80.7. The number of unbranched alkanes of at least 4 members (excludes halogenated alkanes) is 28. The number of aliphatic hydroxyl groups excluding tert-OH is 4. The van der Waals surface area contributed by atoms with E-state index in [9.17, 15) is 20.4 Å². The topological polar surface area (TPSA) is 112 Å². The predicted molar refractivity (Wildman–Crippen MR) is 385 cm³/mol. The molecule has 3 rings (SSSR count). The van der Waals surface area contributed by atoms with Crippen LogP contribution in [-0.4, -0.2) is 179 Å². The Bertz CT molecular complexity index is 1630. The minimum absolute atomic E-state index is 0.354. The summed E-state index contributed by atoms with van der Waals surface area (Å²) >= 11 is 4.07. The third-order valence-corrected chi connectivity index (χ3v) is 20.7. The van der Waals surface area contributed by atoms with E-state index in [1.165, 1.54) is 191 Å². The summed E-state index contributed by atoms with van der Waals surface area (Å²) in [6, 6.07) is 18.2. The van der Waals surface area contributed by atoms with Gasteiger partial charge >= 0.3 is 0 Å². The summed E-state index contributed by atoms with van der Waals surface area (Å²) < 4.78 is 11.2. The molecule has 1 heterocycles. The molecule has 10 nitrogen and oxygen atoms in total. The molecule has 0 bridgehead atoms. The average molecular weight is 1270 g/mol. The van der Waals surface area contributed by atoms with Crippen LogP contribution < -0.4 is 9.47 Å². The van der Waals surface area contributed by atoms with E-state index in [0.29, 0.717) is 38.3 Å². The minimum atomic E-state index is -0.354. The van der Waals surface area contributed by atoms with Crippen molar-refractivity contribution >= 4 is 23.5 Å². The van der Waals surface area contributed by atoms with Crippen LogP contribution in [0.25, 0.3) is 0 Å². The number of piperazine rings is 1. The third-order valence-electron chi connectivity index (χ3n) is 18.8. The second kappa shape index (κ2) is 55.8. The van der Waals surface area contributed by atoms with Crippen LogP contribution in [0, 0.1) is 0 Å². The zero-order valence-corrected chi connectivity index (χ0v) is 59.7. The van der Waals surface area contributed by atoms with E-state index in [0.717, 1.165) is 138 Å². The summed E-state index contributed by atoms with van der Waals surface area (Å²) in [6.07, 6.45) is 44.6. The first-order valence-corrected chi connectivity index (χ1v) is 39.5. The highest BCUT2D eigenvalue weighted by molar-refractivity contribution is 7.99. The third kappa shape index (κ3) is 41.9. The van der Waals surface area contributed by atoms with Gasteiger partial charge in [-0.25, -0.2) is 0 Å². The van der Waals surface area contributed by atoms with Gasteiger partial charge in [-0.2, -0.15) is 23.5 Å². The van der Waals surface area contributed by atoms with Crippen LogP contribution in [0.5, 0.6) is 11.5 Å². The number of rotatable bonds is 62. The number of hydrogen-bond acceptors (Lipinski definition) is 12. The highest BCUT2D eigenvalue weighted by atomic mass is 32.2. The number of ether oxygens (including phenoxy) is 2. The number of benzene rings is 2. The molecule has 0 spiro atoms. The molecule has 0 amide bonds. The van der Waals surface area contributed by atoms with Gasteiger partial charge in [0.15, 0.2) is 0 Å². The van der Waals surface area contributed by atoms with E-state index in [1.54, 1.807) is 14.2 Å². The molecule has 2 aromatic rings. The van der Waals surface area contributed by atoms with Crippen molar-refractivity contribution in [2.45, 2.75) is 308 Å². The van der Waals surface area contributed by atoms with Crippen LogP contribution in [0.2, 0.25) is 0 Å². The molecule has 6 unspecified atom stereocenters. The summed E-state index contributed by atoms with van der Waals surface area (Å²) in [5.41, 5.74) is 2.68. The van der Waals surface area contributed by atoms with Gasteiger partial charge in [-0.05, 0) is 73.9 Å². The number of methoxy groups -OCH3 is 2. The van der Waals surface area contributed by atoms with E-state index in [4.69, 9.17) is 9.47 Å². The molecule has 512 valence electrons. The molecule has 1 aliphatic rings. The van der Waals surface area contributed by atoms with Crippen LogP contribution >= 0.6 is 23.5 Å². The molecule has 0 radical (unpaired) electrons. The lowest BCUT2D eigenvalue weighted by Crippen LogP contribution is -2.60. The highest BCUT2D eigenvalue weighted by Gasteiger charge is 2.34. The van der Waals surface area contributed by atoms with Crippen LogP contribution in [0.15, 0.2) is 48.5 Å². The second-order valence-electron chi connectivity index (χ2n) is 26.8. The summed E-state index contributed by atoms with van der Waals surface area (Å²) in [4.78, 5) is 10.4. The van der Waals surface area contributed by atoms with Crippen molar-refractivity contribution in [1.29, 1.82) is 0 Å². The molecule has 4 N–H and O–H groups in total. The Labute approximate surface area is 552 Å². The van der Waals surface area contributed by atoms with E-state index in [1.807, 2.05) is 23.5 Å². The first-order valence-electron chi connectivity index (χ1n) is 37.2. The average Bonchev–Trinajstić information content (AvgIpc) is 3.72. The monoisotopic (exact) mass is 1270 g/mol. The van der Waals surface area contributed by atoms with Crippen LogP contribution in [0.1, 0.15) is 270 Å². The van der Waals surface area contributed by atoms with E-state index in [2.05, 4.69) is 95.8 Å². The number of nitrogens with zero attached hydrogens (tertiary/aromatic N) is 4. The van der Waals surface area contributed by atoms with Crippen molar-refractivity contribution < 1.29 is 29.9 Å². The molecule has 88 heavy (non-hydrogen) atoms. The maximum Gasteiger partial charge on any atom is 0.118 e. The van der Waals surface area contributed by atoms with Gasteiger partial charge in [0, 0.05) is 101 Å². The van der Waals surface area contributed by atoms with E-state index >= 15 is 0 Å². The molecule has 1 fully saturated rings. The Kier molecular flexibility index (Phi) is 51.2. The van der Waals surface area contributed by atoms with E-state index in [-0.39, 0.29) is 24.4 Å². The Morgan fingerprint density at radius 2 is 0.625 bits per heavy atom. The van der Waals surface area contributed by atoms with Crippen molar-refractivity contribution in [3.63, 3.8) is 0 Å². The summed E-state index contributed by atoms with van der Waals surface area (Å²) in [5, 5.41) is 45.5. The van der Waals surface area contributed by atoms with Crippen molar-refractivity contribution in [3.05, 3.63) is 59.7 Å². The maximum absolute atomic E-state index is 11.4. The fourth-order valence-corrected chi connectivity index (χ4v) is 15.1. The van der Waals surface area contributed by atoms with E-state index < -0.39 is 0 Å². The zero-order chi connectivity index (χ0) is 63.3. The molecule has 1 aliphatic heterocycles. The minimum Gasteiger partial charge on any atom is -0.497 e. The molecule has 12 heteroatoms. The fraction of sp³-hybridized carbons (Fsp3) is 0.842. The molecular weight excluding hydrogens is 1130 g/mol. The predicted octanol–water partition coefficient (Wildman–Crippen LogP) is 17.5. The molecule has 0 saturated carbocycles. The van der Waals surface area contributed by atoms with Crippen molar-refractivity contribution in [1.82, 2.24) is 19.6 Å². The van der Waals surface area contributed by atoms with Gasteiger partial charge in [-0.15, -0.1) is 0 Å². The molecule has 6 atom stereocenters. The lowest BCUT2D eigenvalue weighted by Gasteiger charge is -2.47. The van der Waals surface area contributed by atoms with Gasteiger partial charge in [0.25, 0.3) is 0 Å². The van der Waals surface area contributed by atoms with Crippen molar-refractivity contribution in [3.8, 4) is 11.5 Å². The molecule has 2 aromatic carbocycles. The Balaban J connectivity index is 1.69. The first-order chi connectivity index (χ1) is 43.1. The summed E-state index contributed by atoms with van der Waals surface area (Å²) in [6.45, 7) is 17.5. The Morgan fingerprint density at radius 3 is 0.875 bits per heavy atom. The van der Waals surface area contributed by atoms with Crippen LogP contribution in [-0.2, 0) is 12.8 Å². The fourth-order valence-electron chi connectivity index (χ4n) is 13.2. The zero-order valence-electron chi connectivity index (χ0n) is 58.1. The van der Waals surface area contributed by atoms with Gasteiger partial charge in [0.05, 0.1) is 38.6 Å². The van der Waals surface area contributed by atoms with Gasteiger partial charge < -0.3 is 29.9 Å². The number of hydrogen-bond donors (Lipinski definition) is 4.